The highest BCUT2D eigenvalue weighted by molar-refractivity contribution is 7.05. The molecule has 3 aromatic rings. The van der Waals surface area contributed by atoms with Gasteiger partial charge in [0.1, 0.15) is 0 Å². The standard InChI is InChI=1S/C16H18N4OS/c1-10-4-5-12-7-13(16(21)17-14(12)6-10)8-20(3)9-15-11(2)18-19-22-15/h4-7H,8-9H2,1-3H3,(H,17,21). The monoisotopic (exact) mass is 314 g/mol. The molecule has 0 atom stereocenters. The van der Waals surface area contributed by atoms with Crippen LogP contribution in [0.25, 0.3) is 10.9 Å². The molecule has 1 aromatic carbocycles. The van der Waals surface area contributed by atoms with Crippen LogP contribution >= 0.6 is 11.5 Å². The van der Waals surface area contributed by atoms with Crippen LogP contribution in [-0.4, -0.2) is 26.5 Å². The predicted molar refractivity (Wildman–Crippen MR) is 89.1 cm³/mol. The molecule has 22 heavy (non-hydrogen) atoms. The molecule has 6 heteroatoms. The van der Waals surface area contributed by atoms with Gasteiger partial charge in [0.25, 0.3) is 5.56 Å². The molecule has 0 bridgehead atoms. The lowest BCUT2D eigenvalue weighted by molar-refractivity contribution is 0.320. The number of aryl methyl sites for hydroxylation is 2. The summed E-state index contributed by atoms with van der Waals surface area (Å²) in [6.45, 7) is 5.31. The molecule has 0 unspecified atom stereocenters. The van der Waals surface area contributed by atoms with Crippen LogP contribution in [0.3, 0.4) is 0 Å². The fourth-order valence-electron chi connectivity index (χ4n) is 2.47. The first-order chi connectivity index (χ1) is 10.5. The van der Waals surface area contributed by atoms with Crippen LogP contribution in [0, 0.1) is 13.8 Å². The van der Waals surface area contributed by atoms with Crippen molar-refractivity contribution >= 4 is 22.4 Å². The third-order valence-corrected chi connectivity index (χ3v) is 4.49. The molecule has 5 nitrogen and oxygen atoms in total. The molecule has 0 radical (unpaired) electrons. The van der Waals surface area contributed by atoms with Crippen molar-refractivity contribution in [2.45, 2.75) is 26.9 Å². The SMILES string of the molecule is Cc1ccc2cc(CN(C)Cc3snnc3C)c(=O)[nH]c2c1. The maximum Gasteiger partial charge on any atom is 0.252 e. The number of fused-ring (bicyclic) bond motifs is 1. The Morgan fingerprint density at radius 2 is 2.05 bits per heavy atom. The molecule has 0 fully saturated rings. The smallest absolute Gasteiger partial charge is 0.252 e. The van der Waals surface area contributed by atoms with Crippen LogP contribution in [0.4, 0.5) is 0 Å². The lowest BCUT2D eigenvalue weighted by Crippen LogP contribution is -2.23. The molecule has 114 valence electrons. The minimum Gasteiger partial charge on any atom is -0.322 e. The third-order valence-electron chi connectivity index (χ3n) is 3.68. The Hall–Kier alpha value is -2.05. The molecule has 0 aliphatic carbocycles. The van der Waals surface area contributed by atoms with Crippen LogP contribution in [0.1, 0.15) is 21.7 Å². The van der Waals surface area contributed by atoms with Crippen molar-refractivity contribution in [3.63, 3.8) is 0 Å². The average molecular weight is 314 g/mol. The second-order valence-electron chi connectivity index (χ2n) is 5.67. The van der Waals surface area contributed by atoms with Crippen molar-refractivity contribution in [2.75, 3.05) is 7.05 Å². The summed E-state index contributed by atoms with van der Waals surface area (Å²) < 4.78 is 3.95. The second-order valence-corrected chi connectivity index (χ2v) is 6.51. The number of aromatic amines is 1. The number of pyridine rings is 1. The van der Waals surface area contributed by atoms with E-state index in [1.54, 1.807) is 0 Å². The van der Waals surface area contributed by atoms with Gasteiger partial charge in [0.05, 0.1) is 10.6 Å². The minimum atomic E-state index is -0.0240. The van der Waals surface area contributed by atoms with E-state index in [4.69, 9.17) is 0 Å². The number of aromatic nitrogens is 3. The Balaban J connectivity index is 1.84. The minimum absolute atomic E-state index is 0.0240. The number of rotatable bonds is 4. The Kier molecular flexibility index (Phi) is 4.04. The summed E-state index contributed by atoms with van der Waals surface area (Å²) >= 11 is 1.41. The van der Waals surface area contributed by atoms with Crippen molar-refractivity contribution < 1.29 is 0 Å². The molecule has 3 rings (SSSR count). The van der Waals surface area contributed by atoms with E-state index in [9.17, 15) is 4.79 Å². The predicted octanol–water partition coefficient (Wildman–Crippen LogP) is 2.63. The normalized spacial score (nSPS) is 11.5. The first-order valence-electron chi connectivity index (χ1n) is 7.12. The first-order valence-corrected chi connectivity index (χ1v) is 7.89. The number of hydrogen-bond acceptors (Lipinski definition) is 5. The van der Waals surface area contributed by atoms with Crippen LogP contribution in [0.5, 0.6) is 0 Å². The molecule has 1 N–H and O–H groups in total. The Bertz CT molecular complexity index is 868. The Morgan fingerprint density at radius 1 is 1.23 bits per heavy atom. The molecule has 2 aromatic heterocycles. The summed E-state index contributed by atoms with van der Waals surface area (Å²) in [5, 5.41) is 5.08. The molecule has 0 aliphatic rings. The zero-order valence-electron chi connectivity index (χ0n) is 12.9. The fourth-order valence-corrected chi connectivity index (χ4v) is 3.18. The van der Waals surface area contributed by atoms with Gasteiger partial charge >= 0.3 is 0 Å². The molecule has 0 amide bonds. The molecule has 0 spiro atoms. The zero-order valence-corrected chi connectivity index (χ0v) is 13.7. The molecular weight excluding hydrogens is 296 g/mol. The molecular formula is C16H18N4OS. The van der Waals surface area contributed by atoms with Gasteiger partial charge in [0.15, 0.2) is 0 Å². The molecule has 0 aliphatic heterocycles. The first kappa shape index (κ1) is 14.9. The van der Waals surface area contributed by atoms with Gasteiger partial charge in [-0.3, -0.25) is 9.69 Å². The van der Waals surface area contributed by atoms with E-state index in [1.807, 2.05) is 39.1 Å². The van der Waals surface area contributed by atoms with Crippen molar-refractivity contribution in [3.05, 3.63) is 56.3 Å². The highest BCUT2D eigenvalue weighted by Crippen LogP contribution is 2.16. The highest BCUT2D eigenvalue weighted by atomic mass is 32.1. The maximum absolute atomic E-state index is 12.2. The van der Waals surface area contributed by atoms with E-state index in [1.165, 1.54) is 11.5 Å². The lowest BCUT2D eigenvalue weighted by atomic mass is 10.1. The summed E-state index contributed by atoms with van der Waals surface area (Å²) in [4.78, 5) is 18.5. The number of nitrogens with zero attached hydrogens (tertiary/aromatic N) is 3. The number of hydrogen-bond donors (Lipinski definition) is 1. The quantitative estimate of drug-likeness (QED) is 0.804. The van der Waals surface area contributed by atoms with Gasteiger partial charge in [0, 0.05) is 24.2 Å². The summed E-state index contributed by atoms with van der Waals surface area (Å²) in [6, 6.07) is 8.07. The highest BCUT2D eigenvalue weighted by Gasteiger charge is 2.10. The average Bonchev–Trinajstić information content (AvgIpc) is 2.85. The molecule has 2 heterocycles. The summed E-state index contributed by atoms with van der Waals surface area (Å²) in [7, 11) is 2.00. The Morgan fingerprint density at radius 3 is 2.77 bits per heavy atom. The van der Waals surface area contributed by atoms with Gasteiger partial charge in [-0.2, -0.15) is 0 Å². The van der Waals surface area contributed by atoms with Crippen molar-refractivity contribution in [1.29, 1.82) is 0 Å². The van der Waals surface area contributed by atoms with Gasteiger partial charge < -0.3 is 4.98 Å². The third kappa shape index (κ3) is 3.08. The van der Waals surface area contributed by atoms with Gasteiger partial charge in [-0.05, 0) is 55.5 Å². The van der Waals surface area contributed by atoms with Crippen molar-refractivity contribution in [1.82, 2.24) is 19.5 Å². The van der Waals surface area contributed by atoms with Gasteiger partial charge in [0.2, 0.25) is 0 Å². The lowest BCUT2D eigenvalue weighted by Gasteiger charge is -2.15. The summed E-state index contributed by atoms with van der Waals surface area (Å²) in [5.74, 6) is 0. The molecule has 0 saturated heterocycles. The van der Waals surface area contributed by atoms with Crippen LogP contribution < -0.4 is 5.56 Å². The van der Waals surface area contributed by atoms with E-state index in [-0.39, 0.29) is 5.56 Å². The number of benzene rings is 1. The van der Waals surface area contributed by atoms with E-state index >= 15 is 0 Å². The van der Waals surface area contributed by atoms with Crippen molar-refractivity contribution in [2.24, 2.45) is 0 Å². The van der Waals surface area contributed by atoms with Crippen LogP contribution in [0.2, 0.25) is 0 Å². The fraction of sp³-hybridized carbons (Fsp3) is 0.312. The zero-order chi connectivity index (χ0) is 15.7. The second kappa shape index (κ2) is 5.98. The van der Waals surface area contributed by atoms with Crippen LogP contribution in [0.15, 0.2) is 29.1 Å². The Labute approximate surface area is 132 Å². The summed E-state index contributed by atoms with van der Waals surface area (Å²) in [6.07, 6.45) is 0. The largest absolute Gasteiger partial charge is 0.322 e. The van der Waals surface area contributed by atoms with Gasteiger partial charge in [-0.25, -0.2) is 0 Å². The number of H-pyrrole nitrogens is 1. The van der Waals surface area contributed by atoms with E-state index in [0.29, 0.717) is 6.54 Å². The van der Waals surface area contributed by atoms with Crippen molar-refractivity contribution in [3.8, 4) is 0 Å². The van der Waals surface area contributed by atoms with E-state index in [2.05, 4.69) is 25.5 Å². The van der Waals surface area contributed by atoms with E-state index < -0.39 is 0 Å². The van der Waals surface area contributed by atoms with Crippen LogP contribution in [-0.2, 0) is 13.1 Å². The van der Waals surface area contributed by atoms with E-state index in [0.717, 1.165) is 39.1 Å². The summed E-state index contributed by atoms with van der Waals surface area (Å²) in [5.41, 5.74) is 3.73. The van der Waals surface area contributed by atoms with Gasteiger partial charge in [-0.15, -0.1) is 5.10 Å². The topological polar surface area (TPSA) is 61.9 Å². The molecule has 0 saturated carbocycles. The maximum atomic E-state index is 12.2. The number of nitrogens with one attached hydrogen (secondary N) is 1. The van der Waals surface area contributed by atoms with Gasteiger partial charge in [-0.1, -0.05) is 16.6 Å².